The van der Waals surface area contributed by atoms with Crippen LogP contribution in [-0.4, -0.2) is 87.7 Å². The molecule has 24 heavy (non-hydrogen) atoms. The summed E-state index contributed by atoms with van der Waals surface area (Å²) in [7, 11) is 5.15. The number of likely N-dealkylation sites (tertiary alicyclic amines) is 1. The maximum Gasteiger partial charge on any atom is 0.243 e. The molecule has 0 atom stereocenters. The lowest BCUT2D eigenvalue weighted by Crippen LogP contribution is -2.50. The minimum atomic E-state index is -0.00697. The average molecular weight is 455 g/mol. The van der Waals surface area contributed by atoms with Gasteiger partial charge in [0.2, 0.25) is 5.91 Å². The van der Waals surface area contributed by atoms with Crippen molar-refractivity contribution in [3.05, 3.63) is 0 Å². The van der Waals surface area contributed by atoms with Crippen LogP contribution in [0.25, 0.3) is 0 Å². The third-order valence-electron chi connectivity index (χ3n) is 4.07. The number of likely N-dealkylation sites (N-methyl/N-ethyl adjacent to an activating group) is 1. The molecule has 142 valence electrons. The maximum atomic E-state index is 11.7. The first-order valence-corrected chi connectivity index (χ1v) is 8.42. The van der Waals surface area contributed by atoms with Crippen molar-refractivity contribution in [3.63, 3.8) is 0 Å². The molecule has 8 heteroatoms. The van der Waals surface area contributed by atoms with Gasteiger partial charge in [0.05, 0.1) is 6.61 Å². The van der Waals surface area contributed by atoms with Crippen LogP contribution in [0.3, 0.4) is 0 Å². The average Bonchev–Trinajstić information content (AvgIpc) is 2.52. The molecular weight excluding hydrogens is 421 g/mol. The van der Waals surface area contributed by atoms with Crippen molar-refractivity contribution in [1.82, 2.24) is 20.4 Å². The van der Waals surface area contributed by atoms with E-state index in [4.69, 9.17) is 4.74 Å². The molecule has 0 bridgehead atoms. The van der Waals surface area contributed by atoms with Gasteiger partial charge >= 0.3 is 0 Å². The van der Waals surface area contributed by atoms with Crippen molar-refractivity contribution < 1.29 is 9.53 Å². The van der Waals surface area contributed by atoms with Crippen molar-refractivity contribution in [2.75, 3.05) is 54.0 Å². The van der Waals surface area contributed by atoms with Crippen molar-refractivity contribution in [3.8, 4) is 0 Å². The Morgan fingerprint density at radius 2 is 1.96 bits per heavy atom. The topological polar surface area (TPSA) is 69.2 Å². The lowest BCUT2D eigenvalue weighted by molar-refractivity contribution is -0.127. The summed E-state index contributed by atoms with van der Waals surface area (Å²) in [6, 6.07) is 0.995. The van der Waals surface area contributed by atoms with Crippen LogP contribution < -0.4 is 10.6 Å². The summed E-state index contributed by atoms with van der Waals surface area (Å²) >= 11 is 0. The van der Waals surface area contributed by atoms with Crippen LogP contribution >= 0.6 is 24.0 Å². The number of nitrogens with one attached hydrogen (secondary N) is 2. The van der Waals surface area contributed by atoms with Crippen LogP contribution in [-0.2, 0) is 9.53 Å². The highest BCUT2D eigenvalue weighted by Gasteiger charge is 2.21. The van der Waals surface area contributed by atoms with Gasteiger partial charge in [0.25, 0.3) is 0 Å². The molecule has 7 nitrogen and oxygen atoms in total. The van der Waals surface area contributed by atoms with E-state index in [1.807, 2.05) is 0 Å². The van der Waals surface area contributed by atoms with Gasteiger partial charge in [0, 0.05) is 52.9 Å². The summed E-state index contributed by atoms with van der Waals surface area (Å²) in [6.45, 7) is 8.09. The summed E-state index contributed by atoms with van der Waals surface area (Å²) < 4.78 is 5.06. The summed E-state index contributed by atoms with van der Waals surface area (Å²) in [4.78, 5) is 20.2. The number of rotatable bonds is 7. The minimum Gasteiger partial charge on any atom is -0.383 e. The van der Waals surface area contributed by atoms with Crippen LogP contribution in [0.2, 0.25) is 0 Å². The van der Waals surface area contributed by atoms with Gasteiger partial charge in [-0.1, -0.05) is 0 Å². The second-order valence-corrected chi connectivity index (χ2v) is 6.42. The summed E-state index contributed by atoms with van der Waals surface area (Å²) in [5, 5.41) is 6.68. The van der Waals surface area contributed by atoms with E-state index < -0.39 is 0 Å². The maximum absolute atomic E-state index is 11.7. The van der Waals surface area contributed by atoms with E-state index in [0.717, 1.165) is 25.9 Å². The molecule has 0 aromatic rings. The van der Waals surface area contributed by atoms with Crippen molar-refractivity contribution in [1.29, 1.82) is 0 Å². The fourth-order valence-corrected chi connectivity index (χ4v) is 2.47. The fourth-order valence-electron chi connectivity index (χ4n) is 2.47. The number of amides is 1. The van der Waals surface area contributed by atoms with Crippen molar-refractivity contribution in [2.45, 2.75) is 38.8 Å². The third kappa shape index (κ3) is 9.03. The molecule has 0 aromatic heterocycles. The highest BCUT2D eigenvalue weighted by molar-refractivity contribution is 14.0. The SMILES string of the molecule is COCCNC(=NCC(=O)N(C)C)NC1CCN(C(C)C)CC1.I. The Balaban J connectivity index is 0.00000529. The first-order valence-electron chi connectivity index (χ1n) is 8.42. The monoisotopic (exact) mass is 455 g/mol. The predicted octanol–water partition coefficient (Wildman–Crippen LogP) is 0.747. The number of piperidine rings is 1. The van der Waals surface area contributed by atoms with Crippen LogP contribution in [0.5, 0.6) is 0 Å². The molecule has 0 spiro atoms. The molecule has 1 heterocycles. The number of hydrogen-bond donors (Lipinski definition) is 2. The van der Waals surface area contributed by atoms with Gasteiger partial charge in [-0.2, -0.15) is 0 Å². The van der Waals surface area contributed by atoms with E-state index in [1.165, 1.54) is 0 Å². The first kappa shape index (κ1) is 23.4. The lowest BCUT2D eigenvalue weighted by atomic mass is 10.0. The molecule has 1 rings (SSSR count). The minimum absolute atomic E-state index is 0. The Morgan fingerprint density at radius 3 is 2.46 bits per heavy atom. The summed E-state index contributed by atoms with van der Waals surface area (Å²) in [6.07, 6.45) is 2.18. The molecule has 0 aliphatic carbocycles. The Kier molecular flexibility index (Phi) is 12.4. The van der Waals surface area contributed by atoms with Gasteiger partial charge in [0.15, 0.2) is 5.96 Å². The van der Waals surface area contributed by atoms with Gasteiger partial charge in [0.1, 0.15) is 6.54 Å². The Bertz CT molecular complexity index is 383. The van der Waals surface area contributed by atoms with Gasteiger partial charge in [-0.05, 0) is 26.7 Å². The third-order valence-corrected chi connectivity index (χ3v) is 4.07. The number of ether oxygens (including phenoxy) is 1. The molecule has 1 aliphatic heterocycles. The van der Waals surface area contributed by atoms with Crippen LogP contribution in [0.4, 0.5) is 0 Å². The summed E-state index contributed by atoms with van der Waals surface area (Å²) in [5.74, 6) is 0.688. The summed E-state index contributed by atoms with van der Waals surface area (Å²) in [5.41, 5.74) is 0. The normalized spacial score (nSPS) is 16.7. The first-order chi connectivity index (χ1) is 10.9. The van der Waals surface area contributed by atoms with E-state index in [1.54, 1.807) is 26.1 Å². The van der Waals surface area contributed by atoms with Crippen LogP contribution in [0.15, 0.2) is 4.99 Å². The lowest BCUT2D eigenvalue weighted by Gasteiger charge is -2.35. The molecule has 0 aromatic carbocycles. The Hall–Kier alpha value is -0.610. The van der Waals surface area contributed by atoms with Gasteiger partial charge < -0.3 is 25.2 Å². The Morgan fingerprint density at radius 1 is 1.33 bits per heavy atom. The number of aliphatic imine (C=N–C) groups is 1. The van der Waals surface area contributed by atoms with E-state index >= 15 is 0 Å². The largest absolute Gasteiger partial charge is 0.383 e. The molecule has 1 aliphatic rings. The number of halogens is 1. The van der Waals surface area contributed by atoms with E-state index in [0.29, 0.717) is 31.2 Å². The molecule has 0 radical (unpaired) electrons. The molecule has 0 unspecified atom stereocenters. The number of hydrogen-bond acceptors (Lipinski definition) is 4. The highest BCUT2D eigenvalue weighted by atomic mass is 127. The number of nitrogens with zero attached hydrogens (tertiary/aromatic N) is 3. The van der Waals surface area contributed by atoms with Crippen LogP contribution in [0, 0.1) is 0 Å². The second kappa shape index (κ2) is 12.7. The molecule has 2 N–H and O–H groups in total. The number of methoxy groups -OCH3 is 1. The molecule has 0 saturated carbocycles. The van der Waals surface area contributed by atoms with Crippen molar-refractivity contribution in [2.24, 2.45) is 4.99 Å². The standard InChI is InChI=1S/C16H33N5O2.HI/c1-13(2)21-9-6-14(7-10-21)19-16(17-8-11-23-5)18-12-15(22)20(3)4;/h13-14H,6-12H2,1-5H3,(H2,17,18,19);1H. The zero-order valence-electron chi connectivity index (χ0n) is 15.7. The smallest absolute Gasteiger partial charge is 0.243 e. The molecule has 1 saturated heterocycles. The predicted molar refractivity (Wildman–Crippen MR) is 109 cm³/mol. The van der Waals surface area contributed by atoms with E-state index in [-0.39, 0.29) is 36.4 Å². The number of carbonyl (C=O) groups is 1. The van der Waals surface area contributed by atoms with Gasteiger partial charge in [-0.15, -0.1) is 24.0 Å². The molecule has 1 fully saturated rings. The van der Waals surface area contributed by atoms with Gasteiger partial charge in [-0.3, -0.25) is 4.79 Å². The number of guanidine groups is 1. The van der Waals surface area contributed by atoms with Gasteiger partial charge in [-0.25, -0.2) is 4.99 Å². The second-order valence-electron chi connectivity index (χ2n) is 6.42. The van der Waals surface area contributed by atoms with Crippen molar-refractivity contribution >= 4 is 35.8 Å². The molecule has 1 amide bonds. The zero-order chi connectivity index (χ0) is 17.2. The Labute approximate surface area is 163 Å². The zero-order valence-corrected chi connectivity index (χ0v) is 18.0. The molecular formula is C16H34IN5O2. The fraction of sp³-hybridized carbons (Fsp3) is 0.875. The van der Waals surface area contributed by atoms with Crippen LogP contribution in [0.1, 0.15) is 26.7 Å². The quantitative estimate of drug-likeness (QED) is 0.257. The van der Waals surface area contributed by atoms with E-state index in [9.17, 15) is 4.79 Å². The number of carbonyl (C=O) groups excluding carboxylic acids is 1. The highest BCUT2D eigenvalue weighted by Crippen LogP contribution is 2.12. The van der Waals surface area contributed by atoms with E-state index in [2.05, 4.69) is 34.4 Å².